The van der Waals surface area contributed by atoms with E-state index in [0.717, 1.165) is 30.2 Å². The van der Waals surface area contributed by atoms with E-state index in [2.05, 4.69) is 58.4 Å². The first-order valence-electron chi connectivity index (χ1n) is 6.88. The summed E-state index contributed by atoms with van der Waals surface area (Å²) in [6.45, 7) is 3.36. The fourth-order valence-corrected chi connectivity index (χ4v) is 2.34. The zero-order chi connectivity index (χ0) is 13.7. The Morgan fingerprint density at radius 1 is 1.37 bits per heavy atom. The van der Waals surface area contributed by atoms with Gasteiger partial charge in [-0.25, -0.2) is 0 Å². The van der Waals surface area contributed by atoms with Gasteiger partial charge in [-0.15, -0.1) is 0 Å². The Labute approximate surface area is 124 Å². The van der Waals surface area contributed by atoms with Crippen molar-refractivity contribution < 1.29 is 4.74 Å². The van der Waals surface area contributed by atoms with Gasteiger partial charge in [0.15, 0.2) is 0 Å². The summed E-state index contributed by atoms with van der Waals surface area (Å²) in [5.74, 6) is 0. The van der Waals surface area contributed by atoms with Crippen molar-refractivity contribution >= 4 is 15.9 Å². The van der Waals surface area contributed by atoms with Gasteiger partial charge in [-0.05, 0) is 44.1 Å². The molecule has 19 heavy (non-hydrogen) atoms. The molecule has 0 amide bonds. The van der Waals surface area contributed by atoms with Gasteiger partial charge >= 0.3 is 0 Å². The number of hydrogen-bond donors (Lipinski definition) is 1. The molecule has 1 aliphatic carbocycles. The topological polar surface area (TPSA) is 24.5 Å². The number of halogens is 1. The van der Waals surface area contributed by atoms with Crippen molar-refractivity contribution in [1.82, 2.24) is 10.2 Å². The molecule has 0 heterocycles. The fourth-order valence-electron chi connectivity index (χ4n) is 1.80. The Morgan fingerprint density at radius 3 is 2.79 bits per heavy atom. The Hall–Kier alpha value is -0.420. The van der Waals surface area contributed by atoms with E-state index in [1.54, 1.807) is 0 Å². The molecule has 0 aromatic heterocycles. The minimum absolute atomic E-state index is 0.671. The zero-order valence-electron chi connectivity index (χ0n) is 11.8. The Balaban J connectivity index is 1.77. The van der Waals surface area contributed by atoms with Crippen molar-refractivity contribution in [2.75, 3.05) is 27.2 Å². The molecule has 1 aromatic rings. The molecular weight excluding hydrogens is 304 g/mol. The predicted molar refractivity (Wildman–Crippen MR) is 82.2 cm³/mol. The smallest absolute Gasteiger partial charge is 0.0728 e. The molecule has 0 unspecified atom stereocenters. The number of benzene rings is 1. The van der Waals surface area contributed by atoms with Crippen molar-refractivity contribution in [2.24, 2.45) is 0 Å². The molecular formula is C15H23BrN2O. The van der Waals surface area contributed by atoms with Crippen molar-refractivity contribution in [1.29, 1.82) is 0 Å². The highest BCUT2D eigenvalue weighted by Crippen LogP contribution is 2.22. The molecule has 0 aliphatic heterocycles. The average molecular weight is 327 g/mol. The van der Waals surface area contributed by atoms with E-state index in [9.17, 15) is 0 Å². The number of nitrogens with one attached hydrogen (secondary N) is 1. The number of likely N-dealkylation sites (N-methyl/N-ethyl adjacent to an activating group) is 1. The van der Waals surface area contributed by atoms with Gasteiger partial charge in [0.2, 0.25) is 0 Å². The van der Waals surface area contributed by atoms with Gasteiger partial charge < -0.3 is 15.0 Å². The summed E-state index contributed by atoms with van der Waals surface area (Å²) in [5, 5.41) is 3.53. The van der Waals surface area contributed by atoms with Crippen LogP contribution >= 0.6 is 15.9 Å². The number of hydrogen-bond acceptors (Lipinski definition) is 3. The maximum Gasteiger partial charge on any atom is 0.0728 e. The summed E-state index contributed by atoms with van der Waals surface area (Å²) in [7, 11) is 4.11. The lowest BCUT2D eigenvalue weighted by atomic mass is 10.1. The van der Waals surface area contributed by atoms with Gasteiger partial charge in [0.1, 0.15) is 0 Å². The van der Waals surface area contributed by atoms with Crippen LogP contribution < -0.4 is 5.32 Å². The molecule has 1 aliphatic rings. The second-order valence-corrected chi connectivity index (χ2v) is 6.29. The minimum Gasteiger partial charge on any atom is -0.375 e. The summed E-state index contributed by atoms with van der Waals surface area (Å²) in [6.07, 6.45) is 2.66. The van der Waals surface area contributed by atoms with Crippen LogP contribution in [0.15, 0.2) is 22.7 Å². The quantitative estimate of drug-likeness (QED) is 0.743. The molecule has 0 saturated heterocycles. The molecule has 1 aromatic carbocycles. The summed E-state index contributed by atoms with van der Waals surface area (Å²) in [6, 6.07) is 7.29. The lowest BCUT2D eigenvalue weighted by molar-refractivity contribution is 0.105. The summed E-state index contributed by atoms with van der Waals surface area (Å²) < 4.78 is 6.82. The van der Waals surface area contributed by atoms with Crippen LogP contribution in [0.5, 0.6) is 0 Å². The van der Waals surface area contributed by atoms with Gasteiger partial charge in [-0.2, -0.15) is 0 Å². The second kappa shape index (κ2) is 7.39. The molecule has 4 heteroatoms. The van der Waals surface area contributed by atoms with Gasteiger partial charge in [0.25, 0.3) is 0 Å². The Bertz CT molecular complexity index is 405. The lowest BCUT2D eigenvalue weighted by Crippen LogP contribution is -2.18. The van der Waals surface area contributed by atoms with Gasteiger partial charge in [0, 0.05) is 23.6 Å². The summed E-state index contributed by atoms with van der Waals surface area (Å²) in [4.78, 5) is 2.13. The Morgan fingerprint density at radius 2 is 2.16 bits per heavy atom. The molecule has 0 atom stereocenters. The summed E-state index contributed by atoms with van der Waals surface area (Å²) in [5.41, 5.74) is 2.55. The first kappa shape index (κ1) is 15.0. The molecule has 1 saturated carbocycles. The average Bonchev–Trinajstić information content (AvgIpc) is 3.17. The number of rotatable bonds is 8. The van der Waals surface area contributed by atoms with E-state index in [4.69, 9.17) is 4.74 Å². The molecule has 2 rings (SSSR count). The van der Waals surface area contributed by atoms with Crippen LogP contribution in [-0.2, 0) is 17.9 Å². The van der Waals surface area contributed by atoms with E-state index in [-0.39, 0.29) is 0 Å². The fraction of sp³-hybridized carbons (Fsp3) is 0.600. The first-order chi connectivity index (χ1) is 9.15. The van der Waals surface area contributed by atoms with Gasteiger partial charge in [-0.1, -0.05) is 28.1 Å². The molecule has 1 N–H and O–H groups in total. The van der Waals surface area contributed by atoms with Crippen LogP contribution in [0.3, 0.4) is 0 Å². The van der Waals surface area contributed by atoms with Crippen LogP contribution in [0.4, 0.5) is 0 Å². The van der Waals surface area contributed by atoms with Crippen molar-refractivity contribution in [3.63, 3.8) is 0 Å². The van der Waals surface area contributed by atoms with E-state index >= 15 is 0 Å². The highest BCUT2D eigenvalue weighted by Gasteiger charge is 2.19. The van der Waals surface area contributed by atoms with Crippen LogP contribution in [-0.4, -0.2) is 38.2 Å². The Kier molecular flexibility index (Phi) is 5.82. The normalized spacial score (nSPS) is 15.2. The van der Waals surface area contributed by atoms with E-state index in [1.165, 1.54) is 24.0 Å². The standard InChI is InChI=1S/C15H23BrN2O/c1-18(2)7-8-19-11-13-4-3-12(9-15(13)16)10-17-14-5-6-14/h3-4,9,14,17H,5-8,10-11H2,1-2H3. The van der Waals surface area contributed by atoms with E-state index < -0.39 is 0 Å². The van der Waals surface area contributed by atoms with Crippen LogP contribution in [0.25, 0.3) is 0 Å². The third-order valence-corrected chi connectivity index (χ3v) is 3.97. The van der Waals surface area contributed by atoms with Crippen LogP contribution in [0.2, 0.25) is 0 Å². The third-order valence-electron chi connectivity index (χ3n) is 3.23. The van der Waals surface area contributed by atoms with Gasteiger partial charge in [0.05, 0.1) is 13.2 Å². The van der Waals surface area contributed by atoms with Crippen molar-refractivity contribution in [2.45, 2.75) is 32.0 Å². The molecule has 1 fully saturated rings. The van der Waals surface area contributed by atoms with E-state index in [1.807, 2.05) is 0 Å². The monoisotopic (exact) mass is 326 g/mol. The zero-order valence-corrected chi connectivity index (χ0v) is 13.4. The van der Waals surface area contributed by atoms with Crippen LogP contribution in [0.1, 0.15) is 24.0 Å². The predicted octanol–water partition coefficient (Wildman–Crippen LogP) is 2.78. The maximum atomic E-state index is 5.67. The third kappa shape index (κ3) is 5.61. The number of nitrogens with zero attached hydrogens (tertiary/aromatic N) is 1. The molecule has 0 radical (unpaired) electrons. The highest BCUT2D eigenvalue weighted by atomic mass is 79.9. The van der Waals surface area contributed by atoms with Crippen molar-refractivity contribution in [3.05, 3.63) is 33.8 Å². The minimum atomic E-state index is 0.671. The van der Waals surface area contributed by atoms with Crippen LogP contribution in [0, 0.1) is 0 Å². The van der Waals surface area contributed by atoms with Crippen molar-refractivity contribution in [3.8, 4) is 0 Å². The molecule has 106 valence electrons. The molecule has 0 spiro atoms. The first-order valence-corrected chi connectivity index (χ1v) is 7.67. The summed E-state index contributed by atoms with van der Waals surface area (Å²) >= 11 is 3.63. The molecule has 0 bridgehead atoms. The SMILES string of the molecule is CN(C)CCOCc1ccc(CNC2CC2)cc1Br. The molecule has 3 nitrogen and oxygen atoms in total. The number of ether oxygens (including phenoxy) is 1. The lowest BCUT2D eigenvalue weighted by Gasteiger charge is -2.11. The highest BCUT2D eigenvalue weighted by molar-refractivity contribution is 9.10. The second-order valence-electron chi connectivity index (χ2n) is 5.44. The van der Waals surface area contributed by atoms with E-state index in [0.29, 0.717) is 6.61 Å². The van der Waals surface area contributed by atoms with Gasteiger partial charge in [-0.3, -0.25) is 0 Å². The maximum absolute atomic E-state index is 5.67. The largest absolute Gasteiger partial charge is 0.375 e.